The molecule has 0 unspecified atom stereocenters. The van der Waals surface area contributed by atoms with Gasteiger partial charge in [0.1, 0.15) is 17.4 Å². The van der Waals surface area contributed by atoms with Crippen LogP contribution in [0.5, 0.6) is 0 Å². The maximum atomic E-state index is 5.32. The smallest absolute Gasteiger partial charge is 0.144 e. The molecule has 20 heavy (non-hydrogen) atoms. The molecule has 0 bridgehead atoms. The number of aromatic nitrogens is 2. The zero-order chi connectivity index (χ0) is 14.5. The lowest BCUT2D eigenvalue weighted by molar-refractivity contribution is 0.308. The Morgan fingerprint density at radius 1 is 1.25 bits per heavy atom. The van der Waals surface area contributed by atoms with E-state index in [1.54, 1.807) is 6.26 Å². The van der Waals surface area contributed by atoms with E-state index in [0.717, 1.165) is 36.2 Å². The van der Waals surface area contributed by atoms with E-state index in [2.05, 4.69) is 34.2 Å². The Bertz CT molecular complexity index is 565. The van der Waals surface area contributed by atoms with Crippen molar-refractivity contribution in [3.63, 3.8) is 0 Å². The third kappa shape index (κ3) is 3.81. The van der Waals surface area contributed by atoms with E-state index in [-0.39, 0.29) is 0 Å². The Hall–Kier alpha value is -1.88. The van der Waals surface area contributed by atoms with E-state index in [1.165, 1.54) is 5.56 Å². The number of anilines is 1. The van der Waals surface area contributed by atoms with Crippen LogP contribution in [0.4, 0.5) is 5.82 Å². The molecular formula is C15H22N4O. The standard InChI is InChI=1S/C15H22N4O/c1-5-16-14-8-11(2)17-15(18-14)10-19(4)9-13-6-7-20-12(13)3/h6-8H,5,9-10H2,1-4H3,(H,16,17,18). The molecule has 0 amide bonds. The number of hydrogen-bond acceptors (Lipinski definition) is 5. The van der Waals surface area contributed by atoms with E-state index in [9.17, 15) is 0 Å². The monoisotopic (exact) mass is 274 g/mol. The van der Waals surface area contributed by atoms with Crippen molar-refractivity contribution < 1.29 is 4.42 Å². The Labute approximate surface area is 120 Å². The van der Waals surface area contributed by atoms with Crippen molar-refractivity contribution in [2.24, 2.45) is 0 Å². The summed E-state index contributed by atoms with van der Waals surface area (Å²) in [5.41, 5.74) is 2.19. The lowest BCUT2D eigenvalue weighted by atomic mass is 10.2. The molecule has 0 radical (unpaired) electrons. The zero-order valence-electron chi connectivity index (χ0n) is 12.6. The molecule has 0 fully saturated rings. The van der Waals surface area contributed by atoms with Gasteiger partial charge in [-0.1, -0.05) is 0 Å². The van der Waals surface area contributed by atoms with Crippen LogP contribution >= 0.6 is 0 Å². The van der Waals surface area contributed by atoms with Crippen molar-refractivity contribution in [3.8, 4) is 0 Å². The predicted octanol–water partition coefficient (Wildman–Crippen LogP) is 2.75. The first-order chi connectivity index (χ1) is 9.58. The van der Waals surface area contributed by atoms with Gasteiger partial charge in [0.15, 0.2) is 0 Å². The van der Waals surface area contributed by atoms with Crippen LogP contribution in [0.25, 0.3) is 0 Å². The molecule has 5 heteroatoms. The fraction of sp³-hybridized carbons (Fsp3) is 0.467. The summed E-state index contributed by atoms with van der Waals surface area (Å²) in [6.45, 7) is 8.44. The lowest BCUT2D eigenvalue weighted by Crippen LogP contribution is -2.19. The second-order valence-electron chi connectivity index (χ2n) is 5.02. The van der Waals surface area contributed by atoms with E-state index < -0.39 is 0 Å². The van der Waals surface area contributed by atoms with Crippen molar-refractivity contribution in [1.29, 1.82) is 0 Å². The average molecular weight is 274 g/mol. The van der Waals surface area contributed by atoms with Crippen molar-refractivity contribution in [3.05, 3.63) is 41.2 Å². The quantitative estimate of drug-likeness (QED) is 0.877. The molecule has 2 heterocycles. The van der Waals surface area contributed by atoms with Gasteiger partial charge in [0, 0.05) is 30.4 Å². The molecule has 0 aromatic carbocycles. The van der Waals surface area contributed by atoms with Crippen LogP contribution in [0.2, 0.25) is 0 Å². The number of furan rings is 1. The molecule has 2 rings (SSSR count). The van der Waals surface area contributed by atoms with E-state index in [0.29, 0.717) is 6.54 Å². The zero-order valence-corrected chi connectivity index (χ0v) is 12.6. The van der Waals surface area contributed by atoms with E-state index in [1.807, 2.05) is 26.0 Å². The molecule has 5 nitrogen and oxygen atoms in total. The first-order valence-corrected chi connectivity index (χ1v) is 6.88. The molecule has 2 aromatic heterocycles. The van der Waals surface area contributed by atoms with Gasteiger partial charge in [-0.25, -0.2) is 9.97 Å². The third-order valence-electron chi connectivity index (χ3n) is 3.08. The highest BCUT2D eigenvalue weighted by molar-refractivity contribution is 5.35. The average Bonchev–Trinajstić information content (AvgIpc) is 2.74. The fourth-order valence-corrected chi connectivity index (χ4v) is 2.14. The normalized spacial score (nSPS) is 11.1. The molecule has 0 aliphatic carbocycles. The van der Waals surface area contributed by atoms with Gasteiger partial charge in [0.2, 0.25) is 0 Å². The highest BCUT2D eigenvalue weighted by Gasteiger charge is 2.09. The van der Waals surface area contributed by atoms with Crippen LogP contribution in [-0.2, 0) is 13.1 Å². The Morgan fingerprint density at radius 2 is 2.05 bits per heavy atom. The van der Waals surface area contributed by atoms with E-state index in [4.69, 9.17) is 4.42 Å². The van der Waals surface area contributed by atoms with Crippen LogP contribution < -0.4 is 5.32 Å². The minimum Gasteiger partial charge on any atom is -0.469 e. The number of nitrogens with zero attached hydrogens (tertiary/aromatic N) is 3. The molecule has 0 saturated heterocycles. The minimum absolute atomic E-state index is 0.713. The number of hydrogen-bond donors (Lipinski definition) is 1. The highest BCUT2D eigenvalue weighted by atomic mass is 16.3. The van der Waals surface area contributed by atoms with Crippen LogP contribution in [-0.4, -0.2) is 28.5 Å². The Morgan fingerprint density at radius 3 is 2.70 bits per heavy atom. The predicted molar refractivity (Wildman–Crippen MR) is 79.5 cm³/mol. The third-order valence-corrected chi connectivity index (χ3v) is 3.08. The molecule has 108 valence electrons. The van der Waals surface area contributed by atoms with Gasteiger partial charge < -0.3 is 9.73 Å². The van der Waals surface area contributed by atoms with Gasteiger partial charge in [0.25, 0.3) is 0 Å². The maximum absolute atomic E-state index is 5.32. The topological polar surface area (TPSA) is 54.2 Å². The van der Waals surface area contributed by atoms with Gasteiger partial charge in [-0.15, -0.1) is 0 Å². The second kappa shape index (κ2) is 6.52. The van der Waals surface area contributed by atoms with Crippen molar-refractivity contribution in [1.82, 2.24) is 14.9 Å². The molecule has 0 spiro atoms. The van der Waals surface area contributed by atoms with Gasteiger partial charge in [0.05, 0.1) is 12.8 Å². The molecule has 0 atom stereocenters. The molecule has 0 aliphatic rings. The van der Waals surface area contributed by atoms with Gasteiger partial charge >= 0.3 is 0 Å². The van der Waals surface area contributed by atoms with Crippen molar-refractivity contribution in [2.75, 3.05) is 18.9 Å². The summed E-state index contributed by atoms with van der Waals surface area (Å²) < 4.78 is 5.32. The second-order valence-corrected chi connectivity index (χ2v) is 5.02. The molecule has 0 saturated carbocycles. The van der Waals surface area contributed by atoms with E-state index >= 15 is 0 Å². The van der Waals surface area contributed by atoms with Crippen molar-refractivity contribution >= 4 is 5.82 Å². The summed E-state index contributed by atoms with van der Waals surface area (Å²) in [5, 5.41) is 3.23. The first-order valence-electron chi connectivity index (χ1n) is 6.88. The lowest BCUT2D eigenvalue weighted by Gasteiger charge is -2.16. The minimum atomic E-state index is 0.713. The summed E-state index contributed by atoms with van der Waals surface area (Å²) in [6, 6.07) is 3.97. The van der Waals surface area contributed by atoms with Gasteiger partial charge in [-0.05, 0) is 33.9 Å². The Kier molecular flexibility index (Phi) is 4.74. The fourth-order valence-electron chi connectivity index (χ4n) is 2.14. The van der Waals surface area contributed by atoms with Crippen LogP contribution in [0, 0.1) is 13.8 Å². The summed E-state index contributed by atoms with van der Waals surface area (Å²) >= 11 is 0. The first kappa shape index (κ1) is 14.5. The van der Waals surface area contributed by atoms with Crippen LogP contribution in [0.15, 0.2) is 22.8 Å². The number of nitrogens with one attached hydrogen (secondary N) is 1. The number of aryl methyl sites for hydroxylation is 2. The molecule has 0 aliphatic heterocycles. The van der Waals surface area contributed by atoms with Crippen LogP contribution in [0.3, 0.4) is 0 Å². The Balaban J connectivity index is 2.03. The van der Waals surface area contributed by atoms with Crippen LogP contribution in [0.1, 0.15) is 29.8 Å². The summed E-state index contributed by atoms with van der Waals surface area (Å²) in [4.78, 5) is 11.2. The molecular weight excluding hydrogens is 252 g/mol. The van der Waals surface area contributed by atoms with Gasteiger partial charge in [-0.3, -0.25) is 4.90 Å². The summed E-state index contributed by atoms with van der Waals surface area (Å²) in [7, 11) is 2.06. The molecule has 2 aromatic rings. The van der Waals surface area contributed by atoms with Gasteiger partial charge in [-0.2, -0.15) is 0 Å². The van der Waals surface area contributed by atoms with Crippen molar-refractivity contribution in [2.45, 2.75) is 33.9 Å². The molecule has 1 N–H and O–H groups in total. The summed E-state index contributed by atoms with van der Waals surface area (Å²) in [5.74, 6) is 2.70. The highest BCUT2D eigenvalue weighted by Crippen LogP contribution is 2.13. The number of rotatable bonds is 6. The largest absolute Gasteiger partial charge is 0.469 e. The SMILES string of the molecule is CCNc1cc(C)nc(CN(C)Cc2ccoc2C)n1. The summed E-state index contributed by atoms with van der Waals surface area (Å²) in [6.07, 6.45) is 1.73. The maximum Gasteiger partial charge on any atom is 0.144 e.